The molecule has 1 aromatic carbocycles. The third-order valence-electron chi connectivity index (χ3n) is 2.92. The first-order valence-corrected chi connectivity index (χ1v) is 6.38. The minimum atomic E-state index is -0.0562. The zero-order valence-electron chi connectivity index (χ0n) is 10.7. The van der Waals surface area contributed by atoms with Crippen LogP contribution in [0.4, 0.5) is 0 Å². The van der Waals surface area contributed by atoms with Crippen LogP contribution in [0.5, 0.6) is 0 Å². The first kappa shape index (κ1) is 13.1. The summed E-state index contributed by atoms with van der Waals surface area (Å²) in [5.74, 6) is 2.53. The van der Waals surface area contributed by atoms with Gasteiger partial charge in [0, 0.05) is 30.1 Å². The van der Waals surface area contributed by atoms with Crippen molar-refractivity contribution in [3.05, 3.63) is 42.1 Å². The number of hydrogen-bond donors (Lipinski definition) is 1. The van der Waals surface area contributed by atoms with Gasteiger partial charge in [-0.2, -0.15) is 0 Å². The number of amides is 1. The van der Waals surface area contributed by atoms with Gasteiger partial charge in [-0.25, -0.2) is 0 Å². The Balaban J connectivity index is 2.03. The number of nitrogens with one attached hydrogen (secondary N) is 1. The van der Waals surface area contributed by atoms with Crippen LogP contribution in [-0.4, -0.2) is 17.4 Å². The van der Waals surface area contributed by atoms with Gasteiger partial charge < -0.3 is 5.32 Å². The zero-order chi connectivity index (χ0) is 13.5. The van der Waals surface area contributed by atoms with E-state index in [-0.39, 0.29) is 5.91 Å². The van der Waals surface area contributed by atoms with Gasteiger partial charge >= 0.3 is 0 Å². The average molecular weight is 252 g/mol. The summed E-state index contributed by atoms with van der Waals surface area (Å²) >= 11 is 0. The van der Waals surface area contributed by atoms with E-state index in [1.54, 1.807) is 6.20 Å². The standard InChI is InChI=1S/C16H16N2O/c1-2-3-4-5-11-18-16(19)14-8-6-10-15-13(14)9-7-12-17-15/h1,6-10,12H,3-5,11H2,(H,18,19). The maximum atomic E-state index is 12.1. The van der Waals surface area contributed by atoms with Crippen molar-refractivity contribution < 1.29 is 4.79 Å². The van der Waals surface area contributed by atoms with Crippen LogP contribution in [-0.2, 0) is 0 Å². The molecule has 0 atom stereocenters. The number of fused-ring (bicyclic) bond motifs is 1. The van der Waals surface area contributed by atoms with Crippen molar-refractivity contribution in [2.45, 2.75) is 19.3 Å². The SMILES string of the molecule is C#CCCCCNC(=O)c1cccc2ncccc12. The number of pyridine rings is 1. The van der Waals surface area contributed by atoms with Crippen LogP contribution in [0.3, 0.4) is 0 Å². The molecular weight excluding hydrogens is 236 g/mol. The number of rotatable bonds is 5. The third-order valence-corrected chi connectivity index (χ3v) is 2.92. The zero-order valence-corrected chi connectivity index (χ0v) is 10.7. The number of carbonyl (C=O) groups is 1. The van der Waals surface area contributed by atoms with E-state index >= 15 is 0 Å². The van der Waals surface area contributed by atoms with Gasteiger partial charge in [-0.3, -0.25) is 9.78 Å². The van der Waals surface area contributed by atoms with E-state index in [1.807, 2.05) is 30.3 Å². The third kappa shape index (κ3) is 3.32. The Hall–Kier alpha value is -2.34. The molecule has 0 aliphatic carbocycles. The Bertz CT molecular complexity index is 608. The van der Waals surface area contributed by atoms with Gasteiger partial charge in [-0.15, -0.1) is 12.3 Å². The Morgan fingerprint density at radius 1 is 1.26 bits per heavy atom. The van der Waals surface area contributed by atoms with Crippen LogP contribution in [0.1, 0.15) is 29.6 Å². The van der Waals surface area contributed by atoms with Crippen molar-refractivity contribution in [1.82, 2.24) is 10.3 Å². The lowest BCUT2D eigenvalue weighted by molar-refractivity contribution is 0.0954. The predicted molar refractivity (Wildman–Crippen MR) is 76.8 cm³/mol. The molecule has 1 amide bonds. The van der Waals surface area contributed by atoms with Gasteiger partial charge in [-0.1, -0.05) is 12.1 Å². The van der Waals surface area contributed by atoms with Crippen molar-refractivity contribution in [2.24, 2.45) is 0 Å². The normalized spacial score (nSPS) is 10.1. The minimum Gasteiger partial charge on any atom is -0.352 e. The van der Waals surface area contributed by atoms with Crippen molar-refractivity contribution in [3.63, 3.8) is 0 Å². The molecule has 0 unspecified atom stereocenters. The summed E-state index contributed by atoms with van der Waals surface area (Å²) in [6.07, 6.45) is 9.50. The van der Waals surface area contributed by atoms with Crippen LogP contribution < -0.4 is 5.32 Å². The lowest BCUT2D eigenvalue weighted by Crippen LogP contribution is -2.24. The molecule has 0 aliphatic rings. The van der Waals surface area contributed by atoms with Crippen LogP contribution in [0.2, 0.25) is 0 Å². The van der Waals surface area contributed by atoms with Crippen LogP contribution in [0.15, 0.2) is 36.5 Å². The number of aromatic nitrogens is 1. The van der Waals surface area contributed by atoms with Crippen molar-refractivity contribution in [1.29, 1.82) is 0 Å². The summed E-state index contributed by atoms with van der Waals surface area (Å²) in [5, 5.41) is 3.80. The van der Waals surface area contributed by atoms with E-state index in [2.05, 4.69) is 16.2 Å². The molecule has 0 aliphatic heterocycles. The van der Waals surface area contributed by atoms with E-state index in [0.29, 0.717) is 12.1 Å². The highest BCUT2D eigenvalue weighted by Crippen LogP contribution is 2.16. The number of unbranched alkanes of at least 4 members (excludes halogenated alkanes) is 2. The summed E-state index contributed by atoms with van der Waals surface area (Å²) < 4.78 is 0. The summed E-state index contributed by atoms with van der Waals surface area (Å²) in [5.41, 5.74) is 1.50. The highest BCUT2D eigenvalue weighted by molar-refractivity contribution is 6.06. The predicted octanol–water partition coefficient (Wildman–Crippen LogP) is 2.77. The number of carbonyl (C=O) groups excluding carboxylic acids is 1. The highest BCUT2D eigenvalue weighted by Gasteiger charge is 2.08. The van der Waals surface area contributed by atoms with E-state index in [9.17, 15) is 4.79 Å². The largest absolute Gasteiger partial charge is 0.352 e. The lowest BCUT2D eigenvalue weighted by Gasteiger charge is -2.07. The molecule has 3 nitrogen and oxygen atoms in total. The molecule has 19 heavy (non-hydrogen) atoms. The lowest BCUT2D eigenvalue weighted by atomic mass is 10.1. The first-order chi connectivity index (χ1) is 9.33. The molecule has 0 bridgehead atoms. The smallest absolute Gasteiger partial charge is 0.251 e. The highest BCUT2D eigenvalue weighted by atomic mass is 16.1. The van der Waals surface area contributed by atoms with Crippen LogP contribution in [0.25, 0.3) is 10.9 Å². The summed E-state index contributed by atoms with van der Waals surface area (Å²) in [7, 11) is 0. The summed E-state index contributed by atoms with van der Waals surface area (Å²) in [6.45, 7) is 0.650. The van der Waals surface area contributed by atoms with E-state index in [0.717, 1.165) is 30.2 Å². The van der Waals surface area contributed by atoms with Gasteiger partial charge in [0.1, 0.15) is 0 Å². The maximum Gasteiger partial charge on any atom is 0.251 e. The molecule has 0 saturated carbocycles. The molecule has 2 rings (SSSR count). The van der Waals surface area contributed by atoms with Crippen molar-refractivity contribution in [2.75, 3.05) is 6.54 Å². The Kier molecular flexibility index (Phi) is 4.52. The Morgan fingerprint density at radius 2 is 2.16 bits per heavy atom. The Labute approximate surface area is 113 Å². The number of nitrogens with zero attached hydrogens (tertiary/aromatic N) is 1. The van der Waals surface area contributed by atoms with Crippen LogP contribution in [0, 0.1) is 12.3 Å². The van der Waals surface area contributed by atoms with Gasteiger partial charge in [0.15, 0.2) is 0 Å². The van der Waals surface area contributed by atoms with E-state index in [1.165, 1.54) is 0 Å². The first-order valence-electron chi connectivity index (χ1n) is 6.38. The minimum absolute atomic E-state index is 0.0562. The summed E-state index contributed by atoms with van der Waals surface area (Å²) in [6, 6.07) is 9.32. The second kappa shape index (κ2) is 6.55. The van der Waals surface area contributed by atoms with Gasteiger partial charge in [0.25, 0.3) is 5.91 Å². The second-order valence-electron chi connectivity index (χ2n) is 4.29. The molecule has 0 spiro atoms. The molecule has 0 fully saturated rings. The van der Waals surface area contributed by atoms with Crippen LogP contribution >= 0.6 is 0 Å². The molecule has 1 N–H and O–H groups in total. The molecular formula is C16H16N2O. The number of terminal acetylenes is 1. The van der Waals surface area contributed by atoms with Crippen molar-refractivity contribution >= 4 is 16.8 Å². The monoisotopic (exact) mass is 252 g/mol. The fourth-order valence-electron chi connectivity index (χ4n) is 1.95. The fraction of sp³-hybridized carbons (Fsp3) is 0.250. The maximum absolute atomic E-state index is 12.1. The topological polar surface area (TPSA) is 42.0 Å². The van der Waals surface area contributed by atoms with E-state index < -0.39 is 0 Å². The molecule has 1 aromatic heterocycles. The molecule has 0 radical (unpaired) electrons. The molecule has 3 heteroatoms. The molecule has 2 aromatic rings. The summed E-state index contributed by atoms with van der Waals surface area (Å²) in [4.78, 5) is 16.4. The quantitative estimate of drug-likeness (QED) is 0.656. The number of hydrogen-bond acceptors (Lipinski definition) is 2. The molecule has 1 heterocycles. The second-order valence-corrected chi connectivity index (χ2v) is 4.29. The van der Waals surface area contributed by atoms with Gasteiger partial charge in [0.2, 0.25) is 0 Å². The van der Waals surface area contributed by atoms with Crippen molar-refractivity contribution in [3.8, 4) is 12.3 Å². The molecule has 0 saturated heterocycles. The Morgan fingerprint density at radius 3 is 3.00 bits per heavy atom. The van der Waals surface area contributed by atoms with Gasteiger partial charge in [-0.05, 0) is 31.0 Å². The fourth-order valence-corrected chi connectivity index (χ4v) is 1.95. The molecule has 96 valence electrons. The number of benzene rings is 1. The van der Waals surface area contributed by atoms with Gasteiger partial charge in [0.05, 0.1) is 5.52 Å². The van der Waals surface area contributed by atoms with E-state index in [4.69, 9.17) is 6.42 Å². The average Bonchev–Trinajstić information content (AvgIpc) is 2.46.